The van der Waals surface area contributed by atoms with E-state index in [2.05, 4.69) is 4.98 Å². The van der Waals surface area contributed by atoms with Crippen LogP contribution in [0.25, 0.3) is 0 Å². The highest BCUT2D eigenvalue weighted by Gasteiger charge is 2.23. The Morgan fingerprint density at radius 2 is 2.07 bits per heavy atom. The van der Waals surface area contributed by atoms with Crippen LogP contribution >= 0.6 is 0 Å². The van der Waals surface area contributed by atoms with Crippen molar-refractivity contribution in [3.63, 3.8) is 0 Å². The summed E-state index contributed by atoms with van der Waals surface area (Å²) in [6, 6.07) is 1.41. The molecule has 1 aromatic rings. The number of hydrogen-bond donors (Lipinski definition) is 2. The van der Waals surface area contributed by atoms with Gasteiger partial charge in [-0.25, -0.2) is 4.79 Å². The lowest BCUT2D eigenvalue weighted by Gasteiger charge is -2.29. The quantitative estimate of drug-likeness (QED) is 0.682. The van der Waals surface area contributed by atoms with E-state index in [-0.39, 0.29) is 23.3 Å². The number of aromatic amines is 1. The highest BCUT2D eigenvalue weighted by Crippen LogP contribution is 2.25. The maximum atomic E-state index is 11.5. The molecule has 0 spiro atoms. The number of rotatable bonds is 1. The monoisotopic (exact) mass is 209 g/mol. The molecule has 1 aliphatic rings. The standard InChI is InChI=1S/C10H15N3O2/c11-7-3-1-2-4-8(7)13-6-5-9(14)12-10(13)15/h5-8H,1-4,11H2,(H,12,14,15). The maximum absolute atomic E-state index is 11.5. The molecule has 0 amide bonds. The molecule has 1 saturated carbocycles. The minimum absolute atomic E-state index is 0.0161. The van der Waals surface area contributed by atoms with Gasteiger partial charge in [0.2, 0.25) is 0 Å². The molecule has 1 fully saturated rings. The lowest BCUT2D eigenvalue weighted by molar-refractivity contribution is 0.297. The van der Waals surface area contributed by atoms with Crippen molar-refractivity contribution in [2.75, 3.05) is 0 Å². The Hall–Kier alpha value is -1.36. The van der Waals surface area contributed by atoms with Gasteiger partial charge in [0.05, 0.1) is 6.04 Å². The van der Waals surface area contributed by atoms with Crippen LogP contribution in [-0.2, 0) is 0 Å². The van der Waals surface area contributed by atoms with Gasteiger partial charge in [0.1, 0.15) is 0 Å². The molecule has 2 rings (SSSR count). The summed E-state index contributed by atoms with van der Waals surface area (Å²) in [5.74, 6) is 0. The Morgan fingerprint density at radius 3 is 2.73 bits per heavy atom. The molecule has 15 heavy (non-hydrogen) atoms. The van der Waals surface area contributed by atoms with Gasteiger partial charge in [0.15, 0.2) is 0 Å². The van der Waals surface area contributed by atoms with Crippen LogP contribution in [0.5, 0.6) is 0 Å². The molecule has 0 bridgehead atoms. The van der Waals surface area contributed by atoms with E-state index in [9.17, 15) is 9.59 Å². The van der Waals surface area contributed by atoms with E-state index in [1.165, 1.54) is 12.3 Å². The molecular formula is C10H15N3O2. The van der Waals surface area contributed by atoms with Gasteiger partial charge in [-0.3, -0.25) is 14.3 Å². The van der Waals surface area contributed by atoms with Gasteiger partial charge in [-0.1, -0.05) is 12.8 Å². The maximum Gasteiger partial charge on any atom is 0.328 e. The predicted octanol–water partition coefficient (Wildman–Crippen LogP) is -0.0210. The summed E-state index contributed by atoms with van der Waals surface area (Å²) in [6.45, 7) is 0. The molecule has 2 atom stereocenters. The minimum Gasteiger partial charge on any atom is -0.326 e. The molecule has 0 saturated heterocycles. The van der Waals surface area contributed by atoms with Gasteiger partial charge < -0.3 is 5.73 Å². The number of nitrogens with zero attached hydrogens (tertiary/aromatic N) is 1. The first-order valence-electron chi connectivity index (χ1n) is 5.25. The van der Waals surface area contributed by atoms with Crippen molar-refractivity contribution in [1.29, 1.82) is 0 Å². The van der Waals surface area contributed by atoms with E-state index < -0.39 is 0 Å². The van der Waals surface area contributed by atoms with E-state index in [0.29, 0.717) is 0 Å². The first kappa shape index (κ1) is 10.2. The molecular weight excluding hydrogens is 194 g/mol. The van der Waals surface area contributed by atoms with Gasteiger partial charge in [-0.05, 0) is 12.8 Å². The van der Waals surface area contributed by atoms with E-state index in [1.807, 2.05) is 0 Å². The third-order valence-corrected chi connectivity index (χ3v) is 2.99. The number of H-pyrrole nitrogens is 1. The average molecular weight is 209 g/mol. The lowest BCUT2D eigenvalue weighted by atomic mass is 9.91. The zero-order valence-electron chi connectivity index (χ0n) is 8.48. The minimum atomic E-state index is -0.361. The van der Waals surface area contributed by atoms with Crippen molar-refractivity contribution in [2.45, 2.75) is 37.8 Å². The van der Waals surface area contributed by atoms with Crippen LogP contribution in [0.2, 0.25) is 0 Å². The first-order chi connectivity index (χ1) is 7.18. The molecule has 0 aliphatic heterocycles. The van der Waals surface area contributed by atoms with Crippen LogP contribution in [0.4, 0.5) is 0 Å². The van der Waals surface area contributed by atoms with Crippen LogP contribution in [0.15, 0.2) is 21.9 Å². The van der Waals surface area contributed by atoms with Crippen molar-refractivity contribution in [3.05, 3.63) is 33.1 Å². The predicted molar refractivity (Wildman–Crippen MR) is 56.8 cm³/mol. The normalized spacial score (nSPS) is 26.5. The first-order valence-corrected chi connectivity index (χ1v) is 5.25. The second kappa shape index (κ2) is 4.02. The Balaban J connectivity index is 2.36. The fourth-order valence-corrected chi connectivity index (χ4v) is 2.17. The number of hydrogen-bond acceptors (Lipinski definition) is 3. The summed E-state index contributed by atoms with van der Waals surface area (Å²) >= 11 is 0. The zero-order chi connectivity index (χ0) is 10.8. The molecule has 82 valence electrons. The summed E-state index contributed by atoms with van der Waals surface area (Å²) in [5, 5.41) is 0. The highest BCUT2D eigenvalue weighted by molar-refractivity contribution is 4.90. The SMILES string of the molecule is NC1CCCCC1n1ccc(=O)[nH]c1=O. The van der Waals surface area contributed by atoms with Gasteiger partial charge >= 0.3 is 5.69 Å². The van der Waals surface area contributed by atoms with Crippen LogP contribution in [0, 0.1) is 0 Å². The summed E-state index contributed by atoms with van der Waals surface area (Å²) in [4.78, 5) is 24.7. The van der Waals surface area contributed by atoms with Crippen molar-refractivity contribution in [1.82, 2.24) is 9.55 Å². The van der Waals surface area contributed by atoms with Crippen molar-refractivity contribution < 1.29 is 0 Å². The molecule has 3 N–H and O–H groups in total. The van der Waals surface area contributed by atoms with Crippen molar-refractivity contribution in [2.24, 2.45) is 5.73 Å². The molecule has 5 heteroatoms. The van der Waals surface area contributed by atoms with E-state index in [1.54, 1.807) is 4.57 Å². The summed E-state index contributed by atoms with van der Waals surface area (Å²) in [5.41, 5.74) is 5.25. The zero-order valence-corrected chi connectivity index (χ0v) is 8.48. The Labute approximate surface area is 86.9 Å². The highest BCUT2D eigenvalue weighted by atomic mass is 16.2. The summed E-state index contributed by atoms with van der Waals surface area (Å²) in [7, 11) is 0. The Kier molecular flexibility index (Phi) is 2.73. The third-order valence-electron chi connectivity index (χ3n) is 2.99. The van der Waals surface area contributed by atoms with Gasteiger partial charge in [-0.15, -0.1) is 0 Å². The second-order valence-electron chi connectivity index (χ2n) is 4.03. The fourth-order valence-electron chi connectivity index (χ4n) is 2.17. The van der Waals surface area contributed by atoms with Crippen LogP contribution < -0.4 is 17.0 Å². The van der Waals surface area contributed by atoms with E-state index in [4.69, 9.17) is 5.73 Å². The average Bonchev–Trinajstić information content (AvgIpc) is 2.20. The lowest BCUT2D eigenvalue weighted by Crippen LogP contribution is -2.41. The third kappa shape index (κ3) is 2.02. The Morgan fingerprint density at radius 1 is 1.33 bits per heavy atom. The van der Waals surface area contributed by atoms with E-state index in [0.717, 1.165) is 25.7 Å². The number of nitrogens with one attached hydrogen (secondary N) is 1. The van der Waals surface area contributed by atoms with Crippen molar-refractivity contribution in [3.8, 4) is 0 Å². The molecule has 0 aromatic carbocycles. The van der Waals surface area contributed by atoms with Gasteiger partial charge in [0.25, 0.3) is 5.56 Å². The summed E-state index contributed by atoms with van der Waals surface area (Å²) in [6.07, 6.45) is 5.60. The second-order valence-corrected chi connectivity index (χ2v) is 4.03. The largest absolute Gasteiger partial charge is 0.328 e. The number of aromatic nitrogens is 2. The van der Waals surface area contributed by atoms with Gasteiger partial charge in [-0.2, -0.15) is 0 Å². The van der Waals surface area contributed by atoms with E-state index >= 15 is 0 Å². The van der Waals surface area contributed by atoms with Crippen LogP contribution in [0.3, 0.4) is 0 Å². The number of nitrogens with two attached hydrogens (primary N) is 1. The molecule has 2 unspecified atom stereocenters. The van der Waals surface area contributed by atoms with Gasteiger partial charge in [0, 0.05) is 18.3 Å². The topological polar surface area (TPSA) is 80.9 Å². The Bertz CT molecular complexity index is 448. The fraction of sp³-hybridized carbons (Fsp3) is 0.600. The molecule has 1 aromatic heterocycles. The summed E-state index contributed by atoms with van der Waals surface area (Å²) < 4.78 is 1.55. The van der Waals surface area contributed by atoms with Crippen LogP contribution in [-0.4, -0.2) is 15.6 Å². The molecule has 1 heterocycles. The molecule has 0 radical (unpaired) electrons. The smallest absolute Gasteiger partial charge is 0.326 e. The molecule has 1 aliphatic carbocycles. The van der Waals surface area contributed by atoms with Crippen molar-refractivity contribution >= 4 is 0 Å². The van der Waals surface area contributed by atoms with Crippen LogP contribution in [0.1, 0.15) is 31.7 Å². The molecule has 5 nitrogen and oxygen atoms in total.